The number of rotatable bonds is 6. The molecule has 0 atom stereocenters. The molecular weight excluding hydrogens is 348 g/mol. The number of H-pyrrole nitrogens is 1. The van der Waals surface area contributed by atoms with E-state index in [4.69, 9.17) is 0 Å². The summed E-state index contributed by atoms with van der Waals surface area (Å²) in [7, 11) is 2.14. The van der Waals surface area contributed by atoms with Gasteiger partial charge in [0.25, 0.3) is 0 Å². The van der Waals surface area contributed by atoms with E-state index in [1.165, 1.54) is 38.5 Å². The van der Waals surface area contributed by atoms with Crippen LogP contribution in [0.15, 0.2) is 24.4 Å². The topological polar surface area (TPSA) is 52.2 Å². The van der Waals surface area contributed by atoms with E-state index in [0.29, 0.717) is 5.82 Å². The van der Waals surface area contributed by atoms with E-state index in [2.05, 4.69) is 35.2 Å². The molecule has 150 valence electrons. The fourth-order valence-electron chi connectivity index (χ4n) is 6.73. The zero-order chi connectivity index (χ0) is 19.3. The number of pyridine rings is 1. The third-order valence-corrected chi connectivity index (χ3v) is 7.34. The van der Waals surface area contributed by atoms with Crippen molar-refractivity contribution in [2.24, 2.45) is 17.8 Å². The highest BCUT2D eigenvalue weighted by Gasteiger charge is 2.52. The van der Waals surface area contributed by atoms with Gasteiger partial charge in [-0.25, -0.2) is 4.98 Å². The first-order chi connectivity index (χ1) is 13.5. The van der Waals surface area contributed by atoms with Gasteiger partial charge in [-0.1, -0.05) is 13.0 Å². The summed E-state index contributed by atoms with van der Waals surface area (Å²) in [5, 5.41) is 3.52. The van der Waals surface area contributed by atoms with E-state index in [-0.39, 0.29) is 11.4 Å². The Hall–Kier alpha value is -1.88. The number of hydrogen-bond acceptors (Lipinski definition) is 2. The highest BCUT2D eigenvalue weighted by Crippen LogP contribution is 2.55. The van der Waals surface area contributed by atoms with Crippen molar-refractivity contribution in [3.63, 3.8) is 0 Å². The maximum atomic E-state index is 13.4. The molecule has 4 aliphatic carbocycles. The molecule has 28 heavy (non-hydrogen) atoms. The Morgan fingerprint density at radius 1 is 1.21 bits per heavy atom. The van der Waals surface area contributed by atoms with Gasteiger partial charge in [-0.15, -0.1) is 0 Å². The van der Waals surface area contributed by atoms with Crippen molar-refractivity contribution < 1.29 is 9.20 Å². The van der Waals surface area contributed by atoms with E-state index >= 15 is 0 Å². The number of hydrogen-bond donors (Lipinski definition) is 2. The zero-order valence-electron chi connectivity index (χ0n) is 17.2. The summed E-state index contributed by atoms with van der Waals surface area (Å²) in [6.45, 7) is 4.07. The summed E-state index contributed by atoms with van der Waals surface area (Å²) >= 11 is 0. The first kappa shape index (κ1) is 18.2. The van der Waals surface area contributed by atoms with E-state index in [1.54, 1.807) is 0 Å². The van der Waals surface area contributed by atoms with Gasteiger partial charge in [0.1, 0.15) is 0 Å². The number of fused-ring (bicyclic) bond motifs is 1. The molecule has 2 aromatic heterocycles. The molecule has 0 unspecified atom stereocenters. The van der Waals surface area contributed by atoms with E-state index in [0.717, 1.165) is 48.5 Å². The van der Waals surface area contributed by atoms with E-state index < -0.39 is 0 Å². The maximum absolute atomic E-state index is 13.4. The number of amides is 1. The van der Waals surface area contributed by atoms with Gasteiger partial charge in [-0.05, 0) is 88.4 Å². The van der Waals surface area contributed by atoms with Crippen LogP contribution in [0.25, 0.3) is 5.52 Å². The highest BCUT2D eigenvalue weighted by molar-refractivity contribution is 5.90. The van der Waals surface area contributed by atoms with Crippen LogP contribution in [0.2, 0.25) is 0 Å². The van der Waals surface area contributed by atoms with Crippen molar-refractivity contribution in [2.45, 2.75) is 64.0 Å². The van der Waals surface area contributed by atoms with E-state index in [9.17, 15) is 4.79 Å². The minimum Gasteiger partial charge on any atom is -0.340 e. The molecule has 0 spiro atoms. The standard InChI is InChI=1S/C23H32N4O/c1-3-7-26(2)15-19-20-6-4-5-8-27(20)21(24-19)22(28)25-23-12-16-9-17(13-23)11-18(10-16)14-23/h4-6,8,16-18H,3,7,9-15H2,1-2H3,(H,25,28)/p+1. The minimum absolute atomic E-state index is 0.0395. The van der Waals surface area contributed by atoms with Gasteiger partial charge in [-0.2, -0.15) is 4.40 Å². The number of carbonyl (C=O) groups is 1. The van der Waals surface area contributed by atoms with Crippen LogP contribution in [0, 0.1) is 17.8 Å². The van der Waals surface area contributed by atoms with Crippen LogP contribution < -0.4 is 9.72 Å². The van der Waals surface area contributed by atoms with Crippen molar-refractivity contribution in [3.8, 4) is 0 Å². The minimum atomic E-state index is 0.0395. The number of aromatic amines is 1. The van der Waals surface area contributed by atoms with Crippen molar-refractivity contribution >= 4 is 11.4 Å². The maximum Gasteiger partial charge on any atom is 0.351 e. The van der Waals surface area contributed by atoms with Crippen molar-refractivity contribution in [3.05, 3.63) is 35.9 Å². The molecule has 2 N–H and O–H groups in total. The fourth-order valence-corrected chi connectivity index (χ4v) is 6.73. The molecule has 2 heterocycles. The molecular formula is C23H33N4O+. The first-order valence-electron chi connectivity index (χ1n) is 11.1. The Morgan fingerprint density at radius 2 is 1.89 bits per heavy atom. The number of carbonyl (C=O) groups excluding carboxylic acids is 1. The van der Waals surface area contributed by atoms with Gasteiger partial charge in [-0.3, -0.25) is 9.69 Å². The molecule has 4 fully saturated rings. The third kappa shape index (κ3) is 3.14. The third-order valence-electron chi connectivity index (χ3n) is 7.34. The number of imidazole rings is 1. The monoisotopic (exact) mass is 381 g/mol. The predicted molar refractivity (Wildman–Crippen MR) is 109 cm³/mol. The lowest BCUT2D eigenvalue weighted by molar-refractivity contribution is -0.514. The molecule has 0 saturated heterocycles. The smallest absolute Gasteiger partial charge is 0.340 e. The lowest BCUT2D eigenvalue weighted by Crippen LogP contribution is -2.60. The lowest BCUT2D eigenvalue weighted by Gasteiger charge is -2.56. The summed E-state index contributed by atoms with van der Waals surface area (Å²) in [6, 6.07) is 6.16. The summed E-state index contributed by atoms with van der Waals surface area (Å²) < 4.78 is 2.03. The number of nitrogens with one attached hydrogen (secondary N) is 2. The molecule has 5 nitrogen and oxygen atoms in total. The summed E-state index contributed by atoms with van der Waals surface area (Å²) in [6.07, 6.45) is 10.8. The Labute approximate surface area is 167 Å². The number of aromatic nitrogens is 2. The Kier molecular flexibility index (Phi) is 4.46. The molecule has 4 saturated carbocycles. The highest BCUT2D eigenvalue weighted by atomic mass is 16.2. The average molecular weight is 382 g/mol. The molecule has 4 aliphatic rings. The molecule has 0 radical (unpaired) electrons. The van der Waals surface area contributed by atoms with Crippen LogP contribution in [0.3, 0.4) is 0 Å². The Morgan fingerprint density at radius 3 is 2.54 bits per heavy atom. The quantitative estimate of drug-likeness (QED) is 0.755. The molecule has 4 bridgehead atoms. The van der Waals surface area contributed by atoms with Crippen LogP contribution in [0.1, 0.15) is 68.2 Å². The average Bonchev–Trinajstić information content (AvgIpc) is 2.99. The van der Waals surface area contributed by atoms with Gasteiger partial charge >= 0.3 is 11.7 Å². The second kappa shape index (κ2) is 6.87. The molecule has 5 heteroatoms. The molecule has 6 rings (SSSR count). The lowest BCUT2D eigenvalue weighted by atomic mass is 9.53. The fraction of sp³-hybridized carbons (Fsp3) is 0.652. The van der Waals surface area contributed by atoms with Crippen LogP contribution in [-0.2, 0) is 6.54 Å². The Bertz CT molecular complexity index is 851. The van der Waals surface area contributed by atoms with Crippen LogP contribution in [0.4, 0.5) is 0 Å². The summed E-state index contributed by atoms with van der Waals surface area (Å²) in [4.78, 5) is 19.2. The van der Waals surface area contributed by atoms with Crippen molar-refractivity contribution in [1.82, 2.24) is 15.2 Å². The van der Waals surface area contributed by atoms with Crippen molar-refractivity contribution in [1.29, 1.82) is 0 Å². The van der Waals surface area contributed by atoms with Crippen molar-refractivity contribution in [2.75, 3.05) is 13.6 Å². The SMILES string of the molecule is CCCN(C)Cc1[nH]c(C(=O)NC23CC4CC(CC(C4)C2)C3)[n+]2ccccc12. The zero-order valence-corrected chi connectivity index (χ0v) is 17.2. The summed E-state index contributed by atoms with van der Waals surface area (Å²) in [5.74, 6) is 3.23. The molecule has 1 amide bonds. The predicted octanol–water partition coefficient (Wildman–Crippen LogP) is 3.29. The van der Waals surface area contributed by atoms with E-state index in [1.807, 2.05) is 22.7 Å². The first-order valence-corrected chi connectivity index (χ1v) is 11.1. The largest absolute Gasteiger partial charge is 0.351 e. The van der Waals surface area contributed by atoms with Crippen LogP contribution in [0.5, 0.6) is 0 Å². The van der Waals surface area contributed by atoms with Gasteiger partial charge in [0.05, 0.1) is 12.7 Å². The normalized spacial score (nSPS) is 31.0. The second-order valence-electron chi connectivity index (χ2n) is 9.80. The molecule has 2 aromatic rings. The summed E-state index contributed by atoms with van der Waals surface area (Å²) in [5.41, 5.74) is 2.26. The van der Waals surface area contributed by atoms with Gasteiger partial charge < -0.3 is 5.32 Å². The number of nitrogens with zero attached hydrogens (tertiary/aromatic N) is 2. The Balaban J connectivity index is 1.42. The van der Waals surface area contributed by atoms with Gasteiger partial charge in [0.2, 0.25) is 0 Å². The second-order valence-corrected chi connectivity index (χ2v) is 9.80. The molecule has 0 aliphatic heterocycles. The van der Waals surface area contributed by atoms with Crippen LogP contribution in [-0.4, -0.2) is 34.9 Å². The molecule has 0 aromatic carbocycles. The van der Waals surface area contributed by atoms with Gasteiger partial charge in [0.15, 0.2) is 11.2 Å². The van der Waals surface area contributed by atoms with Gasteiger partial charge in [0, 0.05) is 5.54 Å². The van der Waals surface area contributed by atoms with Crippen LogP contribution >= 0.6 is 0 Å².